The Morgan fingerprint density at radius 1 is 1.26 bits per heavy atom. The summed E-state index contributed by atoms with van der Waals surface area (Å²) in [6.07, 6.45) is 5.96. The van der Waals surface area contributed by atoms with Crippen LogP contribution in [0.15, 0.2) is 21.2 Å². The highest BCUT2D eigenvalue weighted by molar-refractivity contribution is 9.10. The number of halogens is 1. The van der Waals surface area contributed by atoms with Crippen molar-refractivity contribution in [3.05, 3.63) is 22.6 Å². The lowest BCUT2D eigenvalue weighted by Crippen LogP contribution is -2.54. The molecule has 1 aliphatic carbocycles. The Hall–Kier alpha value is -1.30. The second-order valence-electron chi connectivity index (χ2n) is 4.85. The Balaban J connectivity index is 2.19. The first-order valence-corrected chi connectivity index (χ1v) is 7.13. The van der Waals surface area contributed by atoms with Crippen molar-refractivity contribution in [1.29, 1.82) is 0 Å². The molecule has 0 aliphatic heterocycles. The number of rotatable bonds is 3. The molecule has 1 amide bonds. The van der Waals surface area contributed by atoms with Crippen LogP contribution in [0.5, 0.6) is 0 Å². The largest absolute Gasteiger partial charge is 0.480 e. The summed E-state index contributed by atoms with van der Waals surface area (Å²) >= 11 is 3.20. The molecular formula is C13H16BrNO4. The fourth-order valence-corrected chi connectivity index (χ4v) is 2.84. The van der Waals surface area contributed by atoms with Crippen LogP contribution in [0, 0.1) is 0 Å². The van der Waals surface area contributed by atoms with Gasteiger partial charge in [0.2, 0.25) is 5.76 Å². The molecule has 0 bridgehead atoms. The van der Waals surface area contributed by atoms with Gasteiger partial charge in [0.25, 0.3) is 5.91 Å². The highest BCUT2D eigenvalue weighted by Crippen LogP contribution is 2.28. The first kappa shape index (κ1) is 14.1. The second kappa shape index (κ2) is 5.77. The van der Waals surface area contributed by atoms with Gasteiger partial charge in [-0.3, -0.25) is 4.79 Å². The summed E-state index contributed by atoms with van der Waals surface area (Å²) in [6.45, 7) is 0. The average Bonchev–Trinajstić information content (AvgIpc) is 2.64. The van der Waals surface area contributed by atoms with Gasteiger partial charge >= 0.3 is 5.97 Å². The van der Waals surface area contributed by atoms with Crippen LogP contribution in [0.4, 0.5) is 0 Å². The van der Waals surface area contributed by atoms with Crippen LogP contribution in [0.1, 0.15) is 49.1 Å². The highest BCUT2D eigenvalue weighted by atomic mass is 79.9. The van der Waals surface area contributed by atoms with Gasteiger partial charge in [-0.1, -0.05) is 25.7 Å². The third-order valence-corrected chi connectivity index (χ3v) is 4.17. The summed E-state index contributed by atoms with van der Waals surface area (Å²) in [5.41, 5.74) is -1.17. The number of hydrogen-bond donors (Lipinski definition) is 2. The predicted molar refractivity (Wildman–Crippen MR) is 71.9 cm³/mol. The molecule has 19 heavy (non-hydrogen) atoms. The average molecular weight is 330 g/mol. The van der Waals surface area contributed by atoms with Crippen molar-refractivity contribution >= 4 is 27.8 Å². The Bertz CT molecular complexity index is 475. The molecule has 0 atom stereocenters. The third kappa shape index (κ3) is 3.00. The van der Waals surface area contributed by atoms with Gasteiger partial charge in [-0.05, 0) is 34.8 Å². The fraction of sp³-hybridized carbons (Fsp3) is 0.538. The standard InChI is InChI=1S/C13H16BrNO4/c14-9-5-8-19-10(9)11(16)15-13(12(17)18)6-3-1-2-4-7-13/h5,8H,1-4,6-7H2,(H,15,16)(H,17,18). The molecule has 6 heteroatoms. The number of carbonyl (C=O) groups excluding carboxylic acids is 1. The van der Waals surface area contributed by atoms with Crippen LogP contribution in [0.3, 0.4) is 0 Å². The van der Waals surface area contributed by atoms with Gasteiger partial charge < -0.3 is 14.8 Å². The van der Waals surface area contributed by atoms with Crippen LogP contribution >= 0.6 is 15.9 Å². The van der Waals surface area contributed by atoms with E-state index in [1.165, 1.54) is 6.26 Å². The molecule has 1 aromatic rings. The number of hydrogen-bond acceptors (Lipinski definition) is 3. The smallest absolute Gasteiger partial charge is 0.329 e. The zero-order chi connectivity index (χ0) is 13.9. The molecule has 1 saturated carbocycles. The SMILES string of the molecule is O=C(NC1(C(=O)O)CCCCCC1)c1occc1Br. The van der Waals surface area contributed by atoms with E-state index in [9.17, 15) is 14.7 Å². The molecular weight excluding hydrogens is 314 g/mol. The molecule has 0 aromatic carbocycles. The number of furan rings is 1. The van der Waals surface area contributed by atoms with Crippen molar-refractivity contribution in [3.63, 3.8) is 0 Å². The van der Waals surface area contributed by atoms with Crippen molar-refractivity contribution in [2.45, 2.75) is 44.1 Å². The van der Waals surface area contributed by atoms with Crippen molar-refractivity contribution < 1.29 is 19.1 Å². The summed E-state index contributed by atoms with van der Waals surface area (Å²) in [7, 11) is 0. The van der Waals surface area contributed by atoms with E-state index >= 15 is 0 Å². The Morgan fingerprint density at radius 2 is 1.89 bits per heavy atom. The molecule has 2 rings (SSSR count). The van der Waals surface area contributed by atoms with Crippen LogP contribution in [0.25, 0.3) is 0 Å². The lowest BCUT2D eigenvalue weighted by atomic mass is 9.90. The van der Waals surface area contributed by atoms with Gasteiger partial charge in [0.1, 0.15) is 5.54 Å². The van der Waals surface area contributed by atoms with E-state index in [4.69, 9.17) is 4.42 Å². The summed E-state index contributed by atoms with van der Waals surface area (Å²) in [4.78, 5) is 23.7. The van der Waals surface area contributed by atoms with Gasteiger partial charge in [0, 0.05) is 0 Å². The molecule has 2 N–H and O–H groups in total. The lowest BCUT2D eigenvalue weighted by Gasteiger charge is -2.28. The van der Waals surface area contributed by atoms with Crippen molar-refractivity contribution in [3.8, 4) is 0 Å². The van der Waals surface area contributed by atoms with E-state index in [-0.39, 0.29) is 5.76 Å². The maximum Gasteiger partial charge on any atom is 0.329 e. The quantitative estimate of drug-likeness (QED) is 0.835. The monoisotopic (exact) mass is 329 g/mol. The Morgan fingerprint density at radius 3 is 2.37 bits per heavy atom. The number of amides is 1. The van der Waals surface area contributed by atoms with Crippen molar-refractivity contribution in [2.75, 3.05) is 0 Å². The van der Waals surface area contributed by atoms with E-state index in [0.717, 1.165) is 25.7 Å². The van der Waals surface area contributed by atoms with E-state index in [2.05, 4.69) is 21.2 Å². The molecule has 0 saturated heterocycles. The second-order valence-corrected chi connectivity index (χ2v) is 5.71. The zero-order valence-electron chi connectivity index (χ0n) is 10.4. The minimum Gasteiger partial charge on any atom is -0.480 e. The van der Waals surface area contributed by atoms with E-state index in [1.807, 2.05) is 0 Å². The zero-order valence-corrected chi connectivity index (χ0v) is 12.0. The number of aliphatic carboxylic acids is 1. The topological polar surface area (TPSA) is 79.5 Å². The van der Waals surface area contributed by atoms with Gasteiger partial charge in [0.05, 0.1) is 10.7 Å². The lowest BCUT2D eigenvalue weighted by molar-refractivity contribution is -0.145. The molecule has 1 heterocycles. The van der Waals surface area contributed by atoms with Gasteiger partial charge in [0.15, 0.2) is 0 Å². The van der Waals surface area contributed by atoms with Crippen LogP contribution in [0.2, 0.25) is 0 Å². The molecule has 104 valence electrons. The van der Waals surface area contributed by atoms with Gasteiger partial charge in [-0.15, -0.1) is 0 Å². The molecule has 5 nitrogen and oxygen atoms in total. The van der Waals surface area contributed by atoms with E-state index in [0.29, 0.717) is 17.3 Å². The van der Waals surface area contributed by atoms with E-state index in [1.54, 1.807) is 6.07 Å². The number of carbonyl (C=O) groups is 2. The Labute approximate surface area is 119 Å². The molecule has 0 radical (unpaired) electrons. The summed E-state index contributed by atoms with van der Waals surface area (Å²) in [6, 6.07) is 1.61. The number of carboxylic acid groups (broad SMARTS) is 1. The van der Waals surface area contributed by atoms with Crippen molar-refractivity contribution in [1.82, 2.24) is 5.32 Å². The first-order chi connectivity index (χ1) is 9.05. The van der Waals surface area contributed by atoms with Crippen molar-refractivity contribution in [2.24, 2.45) is 0 Å². The fourth-order valence-electron chi connectivity index (χ4n) is 2.45. The van der Waals surface area contributed by atoms with Crippen LogP contribution < -0.4 is 5.32 Å². The van der Waals surface area contributed by atoms with Gasteiger partial charge in [-0.2, -0.15) is 0 Å². The minimum atomic E-state index is -1.17. The molecule has 0 spiro atoms. The maximum atomic E-state index is 12.1. The summed E-state index contributed by atoms with van der Waals surface area (Å²) in [5, 5.41) is 12.1. The number of carboxylic acids is 1. The summed E-state index contributed by atoms with van der Waals surface area (Å²) < 4.78 is 5.60. The molecule has 1 fully saturated rings. The normalized spacial score (nSPS) is 18.6. The molecule has 1 aliphatic rings. The Kier molecular flexibility index (Phi) is 4.29. The molecule has 0 unspecified atom stereocenters. The third-order valence-electron chi connectivity index (χ3n) is 3.54. The van der Waals surface area contributed by atoms with E-state index < -0.39 is 17.4 Å². The molecule has 1 aromatic heterocycles. The maximum absolute atomic E-state index is 12.1. The highest BCUT2D eigenvalue weighted by Gasteiger charge is 2.40. The first-order valence-electron chi connectivity index (χ1n) is 6.34. The van der Waals surface area contributed by atoms with Crippen LogP contribution in [-0.2, 0) is 4.79 Å². The van der Waals surface area contributed by atoms with Gasteiger partial charge in [-0.25, -0.2) is 4.79 Å². The number of nitrogens with one attached hydrogen (secondary N) is 1. The minimum absolute atomic E-state index is 0.116. The van der Waals surface area contributed by atoms with Crippen LogP contribution in [-0.4, -0.2) is 22.5 Å². The summed E-state index contributed by atoms with van der Waals surface area (Å²) in [5.74, 6) is -1.34. The predicted octanol–water partition coefficient (Wildman–Crippen LogP) is 2.95.